The van der Waals surface area contributed by atoms with Gasteiger partial charge in [0.25, 0.3) is 5.91 Å². The molecule has 0 saturated carbocycles. The minimum absolute atomic E-state index is 0.0369. The van der Waals surface area contributed by atoms with Gasteiger partial charge in [0.05, 0.1) is 16.9 Å². The number of oxazole rings is 1. The summed E-state index contributed by atoms with van der Waals surface area (Å²) >= 11 is 6.19. The Kier molecular flexibility index (Phi) is 7.05. The summed E-state index contributed by atoms with van der Waals surface area (Å²) in [5.41, 5.74) is 1.38. The van der Waals surface area contributed by atoms with Crippen molar-refractivity contribution in [2.75, 3.05) is 48.3 Å². The molecule has 0 radical (unpaired) electrons. The zero-order valence-electron chi connectivity index (χ0n) is 18.9. The SMILES string of the molecule is CCCN1CCN(c2nc(C)nc(Nc3ncc(C(=O)Nc4c(C)cccc4Cl)o3)n2)CC1. The molecule has 0 spiro atoms. The number of piperazine rings is 1. The van der Waals surface area contributed by atoms with Crippen LogP contribution in [0.5, 0.6) is 0 Å². The lowest BCUT2D eigenvalue weighted by molar-refractivity contribution is 0.0997. The molecule has 4 rings (SSSR count). The Morgan fingerprint density at radius 2 is 1.94 bits per heavy atom. The van der Waals surface area contributed by atoms with E-state index in [0.717, 1.165) is 44.7 Å². The maximum Gasteiger partial charge on any atom is 0.302 e. The van der Waals surface area contributed by atoms with Gasteiger partial charge in [0.1, 0.15) is 5.82 Å². The lowest BCUT2D eigenvalue weighted by Crippen LogP contribution is -2.47. The highest BCUT2D eigenvalue weighted by atomic mass is 35.5. The van der Waals surface area contributed by atoms with Crippen molar-refractivity contribution in [1.82, 2.24) is 24.8 Å². The Hall–Kier alpha value is -3.24. The molecular weight excluding hydrogens is 444 g/mol. The smallest absolute Gasteiger partial charge is 0.302 e. The van der Waals surface area contributed by atoms with E-state index in [1.54, 1.807) is 6.07 Å². The zero-order valence-corrected chi connectivity index (χ0v) is 19.7. The fourth-order valence-corrected chi connectivity index (χ4v) is 3.92. The highest BCUT2D eigenvalue weighted by molar-refractivity contribution is 6.34. The number of rotatable bonds is 7. The van der Waals surface area contributed by atoms with Gasteiger partial charge in [-0.1, -0.05) is 30.7 Å². The number of para-hydroxylation sites is 1. The number of benzene rings is 1. The Balaban J connectivity index is 1.43. The second kappa shape index (κ2) is 10.1. The van der Waals surface area contributed by atoms with Crippen molar-refractivity contribution in [2.45, 2.75) is 27.2 Å². The standard InChI is InChI=1S/C22H27ClN8O2/c1-4-8-30-9-11-31(12-10-30)21-26-15(3)25-20(28-21)29-22-24-13-17(33-22)19(32)27-18-14(2)6-5-7-16(18)23/h5-7,13H,4,8-12H2,1-3H3,(H,27,32)(H,24,25,26,28,29). The first-order valence-electron chi connectivity index (χ1n) is 10.9. The van der Waals surface area contributed by atoms with E-state index >= 15 is 0 Å². The third kappa shape index (κ3) is 5.58. The van der Waals surface area contributed by atoms with Crippen LogP contribution in [0.2, 0.25) is 5.02 Å². The van der Waals surface area contributed by atoms with Crippen LogP contribution in [0.1, 0.15) is 35.3 Å². The molecule has 33 heavy (non-hydrogen) atoms. The molecule has 1 saturated heterocycles. The molecule has 1 amide bonds. The van der Waals surface area contributed by atoms with E-state index in [-0.39, 0.29) is 11.8 Å². The highest BCUT2D eigenvalue weighted by Crippen LogP contribution is 2.26. The van der Waals surface area contributed by atoms with Crippen LogP contribution in [-0.4, -0.2) is 63.5 Å². The van der Waals surface area contributed by atoms with Gasteiger partial charge in [-0.2, -0.15) is 15.0 Å². The lowest BCUT2D eigenvalue weighted by Gasteiger charge is -2.34. The van der Waals surface area contributed by atoms with E-state index in [1.807, 2.05) is 26.0 Å². The molecule has 3 heterocycles. The number of nitrogens with zero attached hydrogens (tertiary/aromatic N) is 6. The number of amides is 1. The number of nitrogens with one attached hydrogen (secondary N) is 2. The van der Waals surface area contributed by atoms with Crippen LogP contribution in [0, 0.1) is 13.8 Å². The average Bonchev–Trinajstić information content (AvgIpc) is 3.25. The molecule has 2 aromatic heterocycles. The van der Waals surface area contributed by atoms with Gasteiger partial charge >= 0.3 is 6.01 Å². The Bertz CT molecular complexity index is 1110. The van der Waals surface area contributed by atoms with Gasteiger partial charge in [-0.05, 0) is 38.4 Å². The summed E-state index contributed by atoms with van der Waals surface area (Å²) in [6, 6.07) is 5.50. The highest BCUT2D eigenvalue weighted by Gasteiger charge is 2.20. The summed E-state index contributed by atoms with van der Waals surface area (Å²) in [6.07, 6.45) is 2.48. The van der Waals surface area contributed by atoms with Crippen molar-refractivity contribution in [2.24, 2.45) is 0 Å². The molecular formula is C22H27ClN8O2. The minimum atomic E-state index is -0.454. The molecule has 0 aliphatic carbocycles. The predicted octanol–water partition coefficient (Wildman–Crippen LogP) is 3.66. The molecule has 11 heteroatoms. The van der Waals surface area contributed by atoms with E-state index in [9.17, 15) is 4.79 Å². The molecule has 174 valence electrons. The molecule has 1 aliphatic rings. The first-order chi connectivity index (χ1) is 15.9. The first-order valence-corrected chi connectivity index (χ1v) is 11.3. The maximum atomic E-state index is 12.6. The van der Waals surface area contributed by atoms with Crippen LogP contribution >= 0.6 is 11.6 Å². The van der Waals surface area contributed by atoms with Gasteiger partial charge in [-0.25, -0.2) is 4.98 Å². The van der Waals surface area contributed by atoms with Crippen LogP contribution in [0.25, 0.3) is 0 Å². The molecule has 1 aromatic carbocycles. The van der Waals surface area contributed by atoms with Gasteiger partial charge in [-0.15, -0.1) is 0 Å². The molecule has 0 atom stereocenters. The number of aryl methyl sites for hydroxylation is 2. The summed E-state index contributed by atoms with van der Waals surface area (Å²) in [5, 5.41) is 6.14. The van der Waals surface area contributed by atoms with Crippen LogP contribution in [0.4, 0.5) is 23.6 Å². The molecule has 1 aliphatic heterocycles. The third-order valence-electron chi connectivity index (χ3n) is 5.34. The van der Waals surface area contributed by atoms with E-state index < -0.39 is 5.91 Å². The molecule has 10 nitrogen and oxygen atoms in total. The van der Waals surface area contributed by atoms with E-state index in [1.165, 1.54) is 6.20 Å². The second-order valence-electron chi connectivity index (χ2n) is 7.88. The first kappa shape index (κ1) is 22.9. The van der Waals surface area contributed by atoms with Gasteiger partial charge in [0.15, 0.2) is 0 Å². The van der Waals surface area contributed by atoms with Gasteiger partial charge in [0, 0.05) is 26.2 Å². The van der Waals surface area contributed by atoms with Crippen molar-refractivity contribution in [3.8, 4) is 0 Å². The van der Waals surface area contributed by atoms with E-state index in [2.05, 4.69) is 47.3 Å². The molecule has 0 unspecified atom stereocenters. The molecule has 1 fully saturated rings. The fourth-order valence-electron chi connectivity index (χ4n) is 3.65. The predicted molar refractivity (Wildman–Crippen MR) is 127 cm³/mol. The van der Waals surface area contributed by atoms with Crippen LogP contribution in [-0.2, 0) is 0 Å². The van der Waals surface area contributed by atoms with Crippen molar-refractivity contribution in [1.29, 1.82) is 0 Å². The number of hydrogen-bond donors (Lipinski definition) is 2. The largest absolute Gasteiger partial charge is 0.418 e. The summed E-state index contributed by atoms with van der Waals surface area (Å²) in [5.74, 6) is 1.08. The van der Waals surface area contributed by atoms with Crippen LogP contribution < -0.4 is 15.5 Å². The van der Waals surface area contributed by atoms with Crippen molar-refractivity contribution < 1.29 is 9.21 Å². The Morgan fingerprint density at radius 1 is 1.15 bits per heavy atom. The molecule has 0 bridgehead atoms. The summed E-state index contributed by atoms with van der Waals surface area (Å²) in [7, 11) is 0. The lowest BCUT2D eigenvalue weighted by atomic mass is 10.2. The Labute approximate surface area is 197 Å². The number of hydrogen-bond acceptors (Lipinski definition) is 9. The zero-order chi connectivity index (χ0) is 23.4. The topological polar surface area (TPSA) is 112 Å². The van der Waals surface area contributed by atoms with Gasteiger partial charge in [0.2, 0.25) is 17.7 Å². The Morgan fingerprint density at radius 3 is 2.67 bits per heavy atom. The number of aromatic nitrogens is 4. The van der Waals surface area contributed by atoms with Crippen molar-refractivity contribution in [3.63, 3.8) is 0 Å². The van der Waals surface area contributed by atoms with Crippen LogP contribution in [0.3, 0.4) is 0 Å². The van der Waals surface area contributed by atoms with E-state index in [4.69, 9.17) is 16.0 Å². The van der Waals surface area contributed by atoms with E-state index in [0.29, 0.717) is 28.4 Å². The normalized spacial score (nSPS) is 14.4. The number of halogens is 1. The number of carbonyl (C=O) groups excluding carboxylic acids is 1. The minimum Gasteiger partial charge on any atom is -0.418 e. The number of carbonyl (C=O) groups is 1. The fraction of sp³-hybridized carbons (Fsp3) is 0.409. The maximum absolute atomic E-state index is 12.6. The monoisotopic (exact) mass is 470 g/mol. The second-order valence-corrected chi connectivity index (χ2v) is 8.28. The van der Waals surface area contributed by atoms with Crippen LogP contribution in [0.15, 0.2) is 28.8 Å². The third-order valence-corrected chi connectivity index (χ3v) is 5.65. The number of anilines is 4. The van der Waals surface area contributed by atoms with Crippen molar-refractivity contribution >= 4 is 41.1 Å². The summed E-state index contributed by atoms with van der Waals surface area (Å²) < 4.78 is 5.57. The summed E-state index contributed by atoms with van der Waals surface area (Å²) in [6.45, 7) is 10.6. The quantitative estimate of drug-likeness (QED) is 0.534. The molecule has 3 aromatic rings. The molecule has 2 N–H and O–H groups in total. The van der Waals surface area contributed by atoms with Gasteiger partial charge < -0.3 is 14.6 Å². The summed E-state index contributed by atoms with van der Waals surface area (Å²) in [4.78, 5) is 34.6. The van der Waals surface area contributed by atoms with Crippen molar-refractivity contribution in [3.05, 3.63) is 46.6 Å². The van der Waals surface area contributed by atoms with Gasteiger partial charge in [-0.3, -0.25) is 15.0 Å². The average molecular weight is 471 g/mol.